The lowest BCUT2D eigenvalue weighted by Crippen LogP contribution is -2.52. The van der Waals surface area contributed by atoms with E-state index < -0.39 is 5.54 Å². The summed E-state index contributed by atoms with van der Waals surface area (Å²) in [5.74, 6) is -0.169. The van der Waals surface area contributed by atoms with Crippen LogP contribution >= 0.6 is 11.6 Å². The standard InChI is InChI=1S/C14H18ClNO2/c1-14(8-2-3-9-16-14)13(17)18-10-11-4-6-12(15)7-5-11/h4-7,16H,2-3,8-10H2,1H3. The van der Waals surface area contributed by atoms with E-state index >= 15 is 0 Å². The van der Waals surface area contributed by atoms with Crippen LogP contribution in [-0.2, 0) is 16.1 Å². The van der Waals surface area contributed by atoms with Gasteiger partial charge in [0.05, 0.1) is 0 Å². The van der Waals surface area contributed by atoms with Gasteiger partial charge in [-0.3, -0.25) is 4.79 Å². The van der Waals surface area contributed by atoms with Crippen molar-refractivity contribution in [3.8, 4) is 0 Å². The van der Waals surface area contributed by atoms with Gasteiger partial charge < -0.3 is 10.1 Å². The van der Waals surface area contributed by atoms with Crippen LogP contribution in [0.2, 0.25) is 5.02 Å². The third-order valence-electron chi connectivity index (χ3n) is 3.35. The lowest BCUT2D eigenvalue weighted by atomic mass is 9.91. The van der Waals surface area contributed by atoms with Crippen LogP contribution in [0.3, 0.4) is 0 Å². The first kappa shape index (κ1) is 13.4. The average Bonchev–Trinajstić information content (AvgIpc) is 2.38. The Morgan fingerprint density at radius 1 is 1.39 bits per heavy atom. The average molecular weight is 268 g/mol. The Kier molecular flexibility index (Phi) is 4.25. The van der Waals surface area contributed by atoms with Crippen LogP contribution in [0.5, 0.6) is 0 Å². The second-order valence-corrected chi connectivity index (χ2v) is 5.36. The normalized spacial score (nSPS) is 23.7. The number of esters is 1. The second-order valence-electron chi connectivity index (χ2n) is 4.92. The van der Waals surface area contributed by atoms with Crippen LogP contribution in [0.15, 0.2) is 24.3 Å². The maximum absolute atomic E-state index is 12.0. The van der Waals surface area contributed by atoms with E-state index in [9.17, 15) is 4.79 Å². The quantitative estimate of drug-likeness (QED) is 0.856. The fourth-order valence-corrected chi connectivity index (χ4v) is 2.25. The van der Waals surface area contributed by atoms with E-state index in [0.29, 0.717) is 11.6 Å². The SMILES string of the molecule is CC1(C(=O)OCc2ccc(Cl)cc2)CCCCN1. The van der Waals surface area contributed by atoms with Crippen LogP contribution < -0.4 is 5.32 Å². The number of rotatable bonds is 3. The van der Waals surface area contributed by atoms with E-state index in [1.165, 1.54) is 0 Å². The van der Waals surface area contributed by atoms with Crippen molar-refractivity contribution >= 4 is 17.6 Å². The summed E-state index contributed by atoms with van der Waals surface area (Å²) in [4.78, 5) is 12.0. The molecule has 1 aliphatic rings. The van der Waals surface area contributed by atoms with E-state index in [2.05, 4.69) is 5.32 Å². The first-order chi connectivity index (χ1) is 8.60. The Labute approximate surface area is 112 Å². The Morgan fingerprint density at radius 2 is 2.11 bits per heavy atom. The highest BCUT2D eigenvalue weighted by atomic mass is 35.5. The monoisotopic (exact) mass is 267 g/mol. The molecule has 1 saturated heterocycles. The summed E-state index contributed by atoms with van der Waals surface area (Å²) >= 11 is 5.80. The zero-order valence-electron chi connectivity index (χ0n) is 10.5. The molecule has 0 aliphatic carbocycles. The molecule has 0 saturated carbocycles. The lowest BCUT2D eigenvalue weighted by Gasteiger charge is -2.32. The highest BCUT2D eigenvalue weighted by Crippen LogP contribution is 2.21. The predicted molar refractivity (Wildman–Crippen MR) is 71.5 cm³/mol. The number of hydrogen-bond acceptors (Lipinski definition) is 3. The Balaban J connectivity index is 1.89. The van der Waals surface area contributed by atoms with Gasteiger partial charge in [-0.15, -0.1) is 0 Å². The van der Waals surface area contributed by atoms with Gasteiger partial charge >= 0.3 is 5.97 Å². The van der Waals surface area contributed by atoms with Crippen molar-refractivity contribution in [3.63, 3.8) is 0 Å². The number of piperidine rings is 1. The lowest BCUT2D eigenvalue weighted by molar-refractivity contribution is -0.153. The van der Waals surface area contributed by atoms with Crippen molar-refractivity contribution in [2.75, 3.05) is 6.54 Å². The minimum Gasteiger partial charge on any atom is -0.459 e. The van der Waals surface area contributed by atoms with Gasteiger partial charge in [0.2, 0.25) is 0 Å². The molecule has 1 aromatic rings. The molecule has 98 valence electrons. The van der Waals surface area contributed by atoms with E-state index in [-0.39, 0.29) is 5.97 Å². The molecule has 1 aliphatic heterocycles. The molecule has 1 heterocycles. The number of hydrogen-bond donors (Lipinski definition) is 1. The third-order valence-corrected chi connectivity index (χ3v) is 3.60. The molecule has 0 radical (unpaired) electrons. The predicted octanol–water partition coefficient (Wildman–Crippen LogP) is 2.92. The number of carbonyl (C=O) groups excluding carboxylic acids is 1. The van der Waals surface area contributed by atoms with Gasteiger partial charge in [-0.25, -0.2) is 0 Å². The zero-order chi connectivity index (χ0) is 13.0. The highest BCUT2D eigenvalue weighted by Gasteiger charge is 2.35. The number of halogens is 1. The molecule has 4 heteroatoms. The molecule has 0 aromatic heterocycles. The Morgan fingerprint density at radius 3 is 2.72 bits per heavy atom. The van der Waals surface area contributed by atoms with Gasteiger partial charge in [0, 0.05) is 5.02 Å². The van der Waals surface area contributed by atoms with Crippen molar-refractivity contribution in [2.45, 2.75) is 38.3 Å². The van der Waals surface area contributed by atoms with Crippen molar-refractivity contribution in [3.05, 3.63) is 34.9 Å². The van der Waals surface area contributed by atoms with Crippen LogP contribution in [0.4, 0.5) is 0 Å². The minimum absolute atomic E-state index is 0.169. The molecule has 1 aromatic carbocycles. The molecule has 3 nitrogen and oxygen atoms in total. The third kappa shape index (κ3) is 3.24. The molecular formula is C14H18ClNO2. The topological polar surface area (TPSA) is 38.3 Å². The first-order valence-electron chi connectivity index (χ1n) is 6.27. The van der Waals surface area contributed by atoms with Gasteiger partial charge in [0.15, 0.2) is 0 Å². The van der Waals surface area contributed by atoms with Crippen molar-refractivity contribution < 1.29 is 9.53 Å². The van der Waals surface area contributed by atoms with Gasteiger partial charge in [0.1, 0.15) is 12.1 Å². The second kappa shape index (κ2) is 5.72. The first-order valence-corrected chi connectivity index (χ1v) is 6.65. The fraction of sp³-hybridized carbons (Fsp3) is 0.500. The summed E-state index contributed by atoms with van der Waals surface area (Å²) in [6.45, 7) is 3.09. The van der Waals surface area contributed by atoms with Gasteiger partial charge in [-0.05, 0) is 50.4 Å². The summed E-state index contributed by atoms with van der Waals surface area (Å²) in [6, 6.07) is 7.33. The van der Waals surface area contributed by atoms with Crippen LogP contribution in [-0.4, -0.2) is 18.1 Å². The van der Waals surface area contributed by atoms with Crippen LogP contribution in [0.1, 0.15) is 31.7 Å². The van der Waals surface area contributed by atoms with Crippen molar-refractivity contribution in [1.29, 1.82) is 0 Å². The number of benzene rings is 1. The largest absolute Gasteiger partial charge is 0.459 e. The molecule has 1 fully saturated rings. The molecule has 0 spiro atoms. The molecule has 1 unspecified atom stereocenters. The van der Waals surface area contributed by atoms with Crippen LogP contribution in [0.25, 0.3) is 0 Å². The Hall–Kier alpha value is -1.06. The molecule has 0 bridgehead atoms. The molecule has 1 atom stereocenters. The number of carbonyl (C=O) groups is 1. The molecule has 2 rings (SSSR count). The summed E-state index contributed by atoms with van der Waals surface area (Å²) in [5, 5.41) is 3.93. The summed E-state index contributed by atoms with van der Waals surface area (Å²) < 4.78 is 5.37. The minimum atomic E-state index is -0.523. The summed E-state index contributed by atoms with van der Waals surface area (Å²) in [7, 11) is 0. The van der Waals surface area contributed by atoms with Gasteiger partial charge in [0.25, 0.3) is 0 Å². The zero-order valence-corrected chi connectivity index (χ0v) is 11.3. The molecule has 18 heavy (non-hydrogen) atoms. The van der Waals surface area contributed by atoms with Crippen molar-refractivity contribution in [1.82, 2.24) is 5.32 Å². The van der Waals surface area contributed by atoms with Crippen molar-refractivity contribution in [2.24, 2.45) is 0 Å². The maximum atomic E-state index is 12.0. The molecule has 1 N–H and O–H groups in total. The summed E-state index contributed by atoms with van der Waals surface area (Å²) in [5.41, 5.74) is 0.428. The van der Waals surface area contributed by atoms with E-state index in [1.807, 2.05) is 19.1 Å². The smallest absolute Gasteiger partial charge is 0.326 e. The number of ether oxygens (including phenoxy) is 1. The highest BCUT2D eigenvalue weighted by molar-refractivity contribution is 6.30. The van der Waals surface area contributed by atoms with E-state index in [1.54, 1.807) is 12.1 Å². The maximum Gasteiger partial charge on any atom is 0.326 e. The number of nitrogens with one attached hydrogen (secondary N) is 1. The van der Waals surface area contributed by atoms with E-state index in [4.69, 9.17) is 16.3 Å². The fourth-order valence-electron chi connectivity index (χ4n) is 2.12. The molecule has 0 amide bonds. The Bertz CT molecular complexity index is 410. The summed E-state index contributed by atoms with van der Waals surface area (Å²) in [6.07, 6.45) is 3.03. The van der Waals surface area contributed by atoms with E-state index in [0.717, 1.165) is 31.4 Å². The van der Waals surface area contributed by atoms with Gasteiger partial charge in [-0.2, -0.15) is 0 Å². The van der Waals surface area contributed by atoms with Crippen LogP contribution in [0, 0.1) is 0 Å². The molecular weight excluding hydrogens is 250 g/mol. The van der Waals surface area contributed by atoms with Gasteiger partial charge in [-0.1, -0.05) is 23.7 Å².